The molecule has 0 radical (unpaired) electrons. The molecule has 7 heteroatoms. The van der Waals surface area contributed by atoms with E-state index in [4.69, 9.17) is 23.2 Å². The average Bonchev–Trinajstić information content (AvgIpc) is 2.97. The number of nitrogens with one attached hydrogen (secondary N) is 1. The van der Waals surface area contributed by atoms with Gasteiger partial charge in [0.05, 0.1) is 5.69 Å². The van der Waals surface area contributed by atoms with E-state index in [1.807, 2.05) is 57.2 Å². The fourth-order valence-corrected chi connectivity index (χ4v) is 4.68. The molecule has 1 N–H and O–H groups in total. The van der Waals surface area contributed by atoms with Gasteiger partial charge in [0.15, 0.2) is 0 Å². The van der Waals surface area contributed by atoms with Gasteiger partial charge in [0, 0.05) is 20.6 Å². The first-order valence-electron chi connectivity index (χ1n) is 9.91. The van der Waals surface area contributed by atoms with Crippen molar-refractivity contribution < 1.29 is 9.59 Å². The molecule has 1 aliphatic heterocycles. The Hall–Kier alpha value is -2.73. The van der Waals surface area contributed by atoms with Crippen molar-refractivity contribution in [3.8, 4) is 0 Å². The fraction of sp³-hybridized carbons (Fsp3) is 0.120. The number of imide groups is 1. The van der Waals surface area contributed by atoms with Gasteiger partial charge in [-0.05, 0) is 74.4 Å². The predicted octanol–water partition coefficient (Wildman–Crippen LogP) is 6.91. The molecule has 162 valence electrons. The Morgan fingerprint density at radius 1 is 0.812 bits per heavy atom. The average molecular weight is 483 g/mol. The van der Waals surface area contributed by atoms with Gasteiger partial charge >= 0.3 is 0 Å². The second-order valence-electron chi connectivity index (χ2n) is 7.58. The minimum absolute atomic E-state index is 0.217. The highest BCUT2D eigenvalue weighted by atomic mass is 35.5. The molecule has 1 aliphatic rings. The zero-order valence-corrected chi connectivity index (χ0v) is 20.0. The predicted molar refractivity (Wildman–Crippen MR) is 133 cm³/mol. The minimum atomic E-state index is -0.424. The Kier molecular flexibility index (Phi) is 6.33. The van der Waals surface area contributed by atoms with Crippen LogP contribution in [0.4, 0.5) is 11.4 Å². The second-order valence-corrected chi connectivity index (χ2v) is 9.51. The van der Waals surface area contributed by atoms with Gasteiger partial charge in [0.1, 0.15) is 10.6 Å². The SMILES string of the molecule is Cc1ccc(SC2=C(Nc3ccc(C)c(Cl)c3)C(=O)N(c3ccc(Cl)cc3C)C2=O)cc1. The van der Waals surface area contributed by atoms with E-state index in [1.165, 1.54) is 16.7 Å². The number of carbonyl (C=O) groups excluding carboxylic acids is 2. The molecule has 3 aromatic carbocycles. The van der Waals surface area contributed by atoms with Gasteiger partial charge in [0.25, 0.3) is 11.8 Å². The first kappa shape index (κ1) is 22.5. The van der Waals surface area contributed by atoms with E-state index in [9.17, 15) is 9.59 Å². The molecule has 0 atom stereocenters. The molecule has 3 aromatic rings. The molecule has 0 fully saturated rings. The molecular formula is C25H20Cl2N2O2S. The van der Waals surface area contributed by atoms with E-state index in [1.54, 1.807) is 24.3 Å². The van der Waals surface area contributed by atoms with E-state index in [0.29, 0.717) is 26.3 Å². The molecule has 4 rings (SSSR count). The maximum Gasteiger partial charge on any atom is 0.283 e. The lowest BCUT2D eigenvalue weighted by molar-refractivity contribution is -0.120. The Morgan fingerprint density at radius 2 is 1.53 bits per heavy atom. The largest absolute Gasteiger partial charge is 0.350 e. The molecule has 0 aromatic heterocycles. The summed E-state index contributed by atoms with van der Waals surface area (Å²) in [5, 5.41) is 4.25. The van der Waals surface area contributed by atoms with Crippen molar-refractivity contribution in [1.82, 2.24) is 0 Å². The van der Waals surface area contributed by atoms with E-state index >= 15 is 0 Å². The topological polar surface area (TPSA) is 49.4 Å². The maximum absolute atomic E-state index is 13.5. The van der Waals surface area contributed by atoms with Gasteiger partial charge in [-0.2, -0.15) is 0 Å². The van der Waals surface area contributed by atoms with Crippen LogP contribution in [0.25, 0.3) is 0 Å². The third-order valence-electron chi connectivity index (χ3n) is 5.12. The molecule has 4 nitrogen and oxygen atoms in total. The van der Waals surface area contributed by atoms with Gasteiger partial charge in [-0.15, -0.1) is 0 Å². The molecule has 2 amide bonds. The number of benzene rings is 3. The summed E-state index contributed by atoms with van der Waals surface area (Å²) in [6.07, 6.45) is 0. The van der Waals surface area contributed by atoms with Crippen LogP contribution in [-0.4, -0.2) is 11.8 Å². The number of nitrogens with zero attached hydrogens (tertiary/aromatic N) is 1. The Morgan fingerprint density at radius 3 is 2.19 bits per heavy atom. The summed E-state index contributed by atoms with van der Waals surface area (Å²) in [7, 11) is 0. The third kappa shape index (κ3) is 4.42. The van der Waals surface area contributed by atoms with E-state index in [0.717, 1.165) is 21.6 Å². The van der Waals surface area contributed by atoms with Crippen LogP contribution in [-0.2, 0) is 9.59 Å². The van der Waals surface area contributed by atoms with Crippen LogP contribution in [0.1, 0.15) is 16.7 Å². The zero-order valence-electron chi connectivity index (χ0n) is 17.7. The number of hydrogen-bond acceptors (Lipinski definition) is 4. The molecule has 0 spiro atoms. The first-order chi connectivity index (χ1) is 15.2. The highest BCUT2D eigenvalue weighted by Crippen LogP contribution is 2.39. The van der Waals surface area contributed by atoms with Crippen molar-refractivity contribution in [2.75, 3.05) is 10.2 Å². The standard InChI is InChI=1S/C25H20Cl2N2O2S/c1-14-4-9-19(10-5-14)32-23-22(28-18-8-6-15(2)20(27)13-18)24(30)29(25(23)31)21-11-7-17(26)12-16(21)3/h4-13,28H,1-3H3. The lowest BCUT2D eigenvalue weighted by Gasteiger charge is -2.18. The zero-order chi connectivity index (χ0) is 23.0. The van der Waals surface area contributed by atoms with Crippen molar-refractivity contribution >= 4 is 58.2 Å². The summed E-state index contributed by atoms with van der Waals surface area (Å²) in [4.78, 5) is 29.3. The molecule has 0 aliphatic carbocycles. The number of amides is 2. The van der Waals surface area contributed by atoms with Crippen molar-refractivity contribution in [3.63, 3.8) is 0 Å². The molecular weight excluding hydrogens is 463 g/mol. The molecule has 0 bridgehead atoms. The van der Waals surface area contributed by atoms with Crippen LogP contribution in [0, 0.1) is 20.8 Å². The van der Waals surface area contributed by atoms with Crippen LogP contribution in [0.15, 0.2) is 76.2 Å². The van der Waals surface area contributed by atoms with Crippen LogP contribution in [0.2, 0.25) is 10.0 Å². The van der Waals surface area contributed by atoms with Crippen LogP contribution < -0.4 is 10.2 Å². The normalized spacial score (nSPS) is 13.8. The van der Waals surface area contributed by atoms with Crippen molar-refractivity contribution in [1.29, 1.82) is 0 Å². The van der Waals surface area contributed by atoms with Gasteiger partial charge in [-0.1, -0.05) is 58.7 Å². The van der Waals surface area contributed by atoms with Crippen LogP contribution in [0.5, 0.6) is 0 Å². The molecule has 1 heterocycles. The van der Waals surface area contributed by atoms with Crippen molar-refractivity contribution in [2.45, 2.75) is 25.7 Å². The quantitative estimate of drug-likeness (QED) is 0.401. The minimum Gasteiger partial charge on any atom is -0.350 e. The summed E-state index contributed by atoms with van der Waals surface area (Å²) in [6.45, 7) is 5.72. The van der Waals surface area contributed by atoms with Crippen molar-refractivity contribution in [2.24, 2.45) is 0 Å². The second kappa shape index (κ2) is 9.02. The number of aryl methyl sites for hydroxylation is 3. The highest BCUT2D eigenvalue weighted by Gasteiger charge is 2.40. The maximum atomic E-state index is 13.5. The van der Waals surface area contributed by atoms with E-state index < -0.39 is 5.91 Å². The molecule has 0 saturated heterocycles. The lowest BCUT2D eigenvalue weighted by atomic mass is 10.2. The van der Waals surface area contributed by atoms with Crippen LogP contribution in [0.3, 0.4) is 0 Å². The number of rotatable bonds is 5. The number of hydrogen-bond donors (Lipinski definition) is 1. The third-order valence-corrected chi connectivity index (χ3v) is 6.86. The number of carbonyl (C=O) groups is 2. The van der Waals surface area contributed by atoms with Crippen LogP contribution >= 0.6 is 35.0 Å². The number of halogens is 2. The van der Waals surface area contributed by atoms with Gasteiger partial charge < -0.3 is 5.32 Å². The molecule has 0 unspecified atom stereocenters. The van der Waals surface area contributed by atoms with Crippen molar-refractivity contribution in [3.05, 3.63) is 98.0 Å². The summed E-state index contributed by atoms with van der Waals surface area (Å²) >= 11 is 13.6. The number of thioether (sulfide) groups is 1. The monoisotopic (exact) mass is 482 g/mol. The summed E-state index contributed by atoms with van der Waals surface area (Å²) < 4.78 is 0. The number of anilines is 2. The van der Waals surface area contributed by atoms with E-state index in [2.05, 4.69) is 5.32 Å². The lowest BCUT2D eigenvalue weighted by Crippen LogP contribution is -2.33. The van der Waals surface area contributed by atoms with E-state index in [-0.39, 0.29) is 11.6 Å². The Bertz CT molecular complexity index is 1270. The first-order valence-corrected chi connectivity index (χ1v) is 11.5. The Balaban J connectivity index is 1.77. The summed E-state index contributed by atoms with van der Waals surface area (Å²) in [5.41, 5.74) is 4.13. The fourth-order valence-electron chi connectivity index (χ4n) is 3.34. The smallest absolute Gasteiger partial charge is 0.283 e. The summed E-state index contributed by atoms with van der Waals surface area (Å²) in [6, 6.07) is 18.3. The molecule has 0 saturated carbocycles. The highest BCUT2D eigenvalue weighted by molar-refractivity contribution is 8.04. The summed E-state index contributed by atoms with van der Waals surface area (Å²) in [5.74, 6) is -0.807. The van der Waals surface area contributed by atoms with Gasteiger partial charge in [0.2, 0.25) is 0 Å². The Labute approximate surface area is 201 Å². The molecule has 32 heavy (non-hydrogen) atoms. The van der Waals surface area contributed by atoms with Gasteiger partial charge in [-0.3, -0.25) is 9.59 Å². The van der Waals surface area contributed by atoms with Gasteiger partial charge in [-0.25, -0.2) is 4.90 Å².